The second-order valence-corrected chi connectivity index (χ2v) is 6.51. The average Bonchev–Trinajstić information content (AvgIpc) is 2.60. The first-order valence-electron chi connectivity index (χ1n) is 8.66. The molecule has 1 fully saturated rings. The number of benzene rings is 1. The van der Waals surface area contributed by atoms with Crippen LogP contribution in [0.1, 0.15) is 50.5 Å². The highest BCUT2D eigenvalue weighted by Crippen LogP contribution is 2.27. The molecule has 0 radical (unpaired) electrons. The predicted octanol–water partition coefficient (Wildman–Crippen LogP) is 3.75. The Morgan fingerprint density at radius 2 is 2.00 bits per heavy atom. The smallest absolute Gasteiger partial charge is 0.306 e. The van der Waals surface area contributed by atoms with E-state index in [0.29, 0.717) is 23.6 Å². The minimum atomic E-state index is -0.493. The van der Waals surface area contributed by atoms with Gasteiger partial charge >= 0.3 is 5.97 Å². The van der Waals surface area contributed by atoms with Crippen molar-refractivity contribution in [1.29, 1.82) is 0 Å². The maximum absolute atomic E-state index is 11.9. The summed E-state index contributed by atoms with van der Waals surface area (Å²) < 4.78 is 5.01. The summed E-state index contributed by atoms with van der Waals surface area (Å²) in [7, 11) is 0. The zero-order valence-electron chi connectivity index (χ0n) is 14.5. The Bertz CT molecular complexity index is 638. The van der Waals surface area contributed by atoms with E-state index in [4.69, 9.17) is 4.74 Å². The lowest BCUT2D eigenvalue weighted by molar-refractivity contribution is -0.384. The summed E-state index contributed by atoms with van der Waals surface area (Å²) in [4.78, 5) is 33.8. The molecule has 0 spiro atoms. The van der Waals surface area contributed by atoms with Gasteiger partial charge in [0, 0.05) is 24.2 Å². The second kappa shape index (κ2) is 9.15. The van der Waals surface area contributed by atoms with E-state index in [0.717, 1.165) is 6.42 Å². The van der Waals surface area contributed by atoms with Gasteiger partial charge in [-0.3, -0.25) is 19.7 Å². The molecule has 7 heteroatoms. The molecule has 0 atom stereocenters. The van der Waals surface area contributed by atoms with Crippen molar-refractivity contribution in [2.75, 3.05) is 11.9 Å². The number of hydrogen-bond donors (Lipinski definition) is 1. The van der Waals surface area contributed by atoms with E-state index < -0.39 is 10.8 Å². The van der Waals surface area contributed by atoms with Crippen LogP contribution in [0, 0.1) is 23.0 Å². The first-order valence-corrected chi connectivity index (χ1v) is 8.66. The maximum atomic E-state index is 11.9. The van der Waals surface area contributed by atoms with Crippen LogP contribution in [-0.4, -0.2) is 23.4 Å². The molecule has 2 rings (SSSR count). The molecule has 0 unspecified atom stereocenters. The Balaban J connectivity index is 1.72. The summed E-state index contributed by atoms with van der Waals surface area (Å²) in [6.07, 6.45) is 7.26. The fraction of sp³-hybridized carbons (Fsp3) is 0.556. The van der Waals surface area contributed by atoms with Gasteiger partial charge in [-0.15, -0.1) is 0 Å². The van der Waals surface area contributed by atoms with Crippen molar-refractivity contribution in [1.82, 2.24) is 0 Å². The van der Waals surface area contributed by atoms with E-state index in [-0.39, 0.29) is 18.3 Å². The number of carbonyl (C=O) groups is 2. The van der Waals surface area contributed by atoms with Crippen molar-refractivity contribution in [3.05, 3.63) is 33.9 Å². The van der Waals surface area contributed by atoms with Gasteiger partial charge in [0.15, 0.2) is 6.61 Å². The van der Waals surface area contributed by atoms with E-state index >= 15 is 0 Å². The average molecular weight is 348 g/mol. The van der Waals surface area contributed by atoms with Crippen LogP contribution in [0.5, 0.6) is 0 Å². The van der Waals surface area contributed by atoms with Crippen LogP contribution in [-0.2, 0) is 14.3 Å². The highest BCUT2D eigenvalue weighted by atomic mass is 16.6. The molecule has 1 saturated carbocycles. The summed E-state index contributed by atoms with van der Waals surface area (Å²) in [6.45, 7) is 1.32. The van der Waals surface area contributed by atoms with Gasteiger partial charge in [0.1, 0.15) is 0 Å². The molecule has 0 bridgehead atoms. The SMILES string of the molecule is Cc1cc([N+](=O)[O-])ccc1NC(=O)COC(=O)CCC1CCCCC1. The molecule has 1 amide bonds. The molecule has 0 aliphatic heterocycles. The molecule has 7 nitrogen and oxygen atoms in total. The molecule has 0 saturated heterocycles. The fourth-order valence-electron chi connectivity index (χ4n) is 3.10. The molecule has 0 aromatic heterocycles. The lowest BCUT2D eigenvalue weighted by Gasteiger charge is -2.20. The molecule has 1 N–H and O–H groups in total. The molecular weight excluding hydrogens is 324 g/mol. The van der Waals surface area contributed by atoms with Crippen molar-refractivity contribution >= 4 is 23.3 Å². The van der Waals surface area contributed by atoms with Gasteiger partial charge in [-0.2, -0.15) is 0 Å². The third-order valence-corrected chi connectivity index (χ3v) is 4.54. The monoisotopic (exact) mass is 348 g/mol. The number of amides is 1. The van der Waals surface area contributed by atoms with Crippen LogP contribution < -0.4 is 5.32 Å². The topological polar surface area (TPSA) is 98.5 Å². The maximum Gasteiger partial charge on any atom is 0.306 e. The summed E-state index contributed by atoms with van der Waals surface area (Å²) in [5, 5.41) is 13.3. The quantitative estimate of drug-likeness (QED) is 0.460. The van der Waals surface area contributed by atoms with Crippen molar-refractivity contribution in [3.63, 3.8) is 0 Å². The lowest BCUT2D eigenvalue weighted by Crippen LogP contribution is -2.21. The normalized spacial score (nSPS) is 14.8. The summed E-state index contributed by atoms with van der Waals surface area (Å²) in [5.41, 5.74) is 1.00. The third-order valence-electron chi connectivity index (χ3n) is 4.54. The summed E-state index contributed by atoms with van der Waals surface area (Å²) >= 11 is 0. The molecule has 0 heterocycles. The highest BCUT2D eigenvalue weighted by molar-refractivity contribution is 5.93. The van der Waals surface area contributed by atoms with Gasteiger partial charge in [0.2, 0.25) is 0 Å². The molecule has 25 heavy (non-hydrogen) atoms. The van der Waals surface area contributed by atoms with Crippen LogP contribution in [0.15, 0.2) is 18.2 Å². The van der Waals surface area contributed by atoms with Gasteiger partial charge in [0.05, 0.1) is 4.92 Å². The Kier molecular flexibility index (Phi) is 6.91. The number of hydrogen-bond acceptors (Lipinski definition) is 5. The first kappa shape index (κ1) is 18.9. The third kappa shape index (κ3) is 6.17. The van der Waals surface area contributed by atoms with Crippen molar-refractivity contribution in [2.24, 2.45) is 5.92 Å². The Morgan fingerprint density at radius 3 is 2.64 bits per heavy atom. The number of non-ortho nitro benzene ring substituents is 1. The number of nitro groups is 1. The fourth-order valence-corrected chi connectivity index (χ4v) is 3.10. The van der Waals surface area contributed by atoms with Crippen LogP contribution in [0.25, 0.3) is 0 Å². The number of esters is 1. The van der Waals surface area contributed by atoms with Crippen LogP contribution >= 0.6 is 0 Å². The van der Waals surface area contributed by atoms with E-state index in [1.165, 1.54) is 50.3 Å². The molecular formula is C18H24N2O5. The van der Waals surface area contributed by atoms with E-state index in [1.807, 2.05) is 0 Å². The van der Waals surface area contributed by atoms with Gasteiger partial charge < -0.3 is 10.1 Å². The number of anilines is 1. The van der Waals surface area contributed by atoms with Gasteiger partial charge in [0.25, 0.3) is 11.6 Å². The van der Waals surface area contributed by atoms with E-state index in [9.17, 15) is 19.7 Å². The second-order valence-electron chi connectivity index (χ2n) is 6.51. The molecule has 1 aromatic rings. The van der Waals surface area contributed by atoms with Crippen LogP contribution in [0.3, 0.4) is 0 Å². The largest absolute Gasteiger partial charge is 0.456 e. The number of nitrogens with one attached hydrogen (secondary N) is 1. The van der Waals surface area contributed by atoms with Gasteiger partial charge in [-0.1, -0.05) is 32.1 Å². The van der Waals surface area contributed by atoms with Crippen molar-refractivity contribution in [3.8, 4) is 0 Å². The Morgan fingerprint density at radius 1 is 1.28 bits per heavy atom. The number of carbonyl (C=O) groups excluding carboxylic acids is 2. The number of aryl methyl sites for hydroxylation is 1. The van der Waals surface area contributed by atoms with E-state index in [2.05, 4.69) is 5.32 Å². The van der Waals surface area contributed by atoms with Gasteiger partial charge in [-0.25, -0.2) is 0 Å². The first-order chi connectivity index (χ1) is 12.0. The minimum absolute atomic E-state index is 0.0374. The minimum Gasteiger partial charge on any atom is -0.456 e. The number of nitrogens with zero attached hydrogens (tertiary/aromatic N) is 1. The van der Waals surface area contributed by atoms with E-state index in [1.54, 1.807) is 6.92 Å². The summed E-state index contributed by atoms with van der Waals surface area (Å²) in [6, 6.07) is 4.17. The van der Waals surface area contributed by atoms with Crippen LogP contribution in [0.2, 0.25) is 0 Å². The standard InChI is InChI=1S/C18H24N2O5/c1-13-11-15(20(23)24)8-9-16(13)19-17(21)12-25-18(22)10-7-14-5-3-2-4-6-14/h8-9,11,14H,2-7,10,12H2,1H3,(H,19,21). The number of rotatable bonds is 7. The number of nitro benzene ring substituents is 1. The van der Waals surface area contributed by atoms with Crippen LogP contribution in [0.4, 0.5) is 11.4 Å². The zero-order valence-corrected chi connectivity index (χ0v) is 14.5. The Hall–Kier alpha value is -2.44. The molecule has 1 aromatic carbocycles. The Labute approximate surface area is 146 Å². The highest BCUT2D eigenvalue weighted by Gasteiger charge is 2.16. The lowest BCUT2D eigenvalue weighted by atomic mass is 9.86. The molecule has 136 valence electrons. The van der Waals surface area contributed by atoms with Crippen molar-refractivity contribution < 1.29 is 19.2 Å². The van der Waals surface area contributed by atoms with Gasteiger partial charge in [-0.05, 0) is 30.9 Å². The summed E-state index contributed by atoms with van der Waals surface area (Å²) in [5.74, 6) is -0.220. The zero-order chi connectivity index (χ0) is 18.2. The van der Waals surface area contributed by atoms with Crippen molar-refractivity contribution in [2.45, 2.75) is 51.9 Å². The molecule has 1 aliphatic carbocycles. The predicted molar refractivity (Wildman–Crippen MR) is 93.2 cm³/mol. The number of ether oxygens (including phenoxy) is 1. The molecule has 1 aliphatic rings.